The van der Waals surface area contributed by atoms with Gasteiger partial charge in [-0.05, 0) is 61.7 Å². The first-order valence-electron chi connectivity index (χ1n) is 6.54. The lowest BCUT2D eigenvalue weighted by atomic mass is 9.91. The summed E-state index contributed by atoms with van der Waals surface area (Å²) in [5.41, 5.74) is 6.59. The van der Waals surface area contributed by atoms with Crippen LogP contribution in [0.3, 0.4) is 0 Å². The molecule has 0 saturated carbocycles. The topological polar surface area (TPSA) is 12.0 Å². The van der Waals surface area contributed by atoms with E-state index in [9.17, 15) is 0 Å². The van der Waals surface area contributed by atoms with E-state index < -0.39 is 0 Å². The van der Waals surface area contributed by atoms with E-state index in [1.54, 1.807) is 0 Å². The Kier molecular flexibility index (Phi) is 4.43. The first kappa shape index (κ1) is 14.3. The van der Waals surface area contributed by atoms with E-state index in [1.807, 2.05) is 7.05 Å². The third kappa shape index (κ3) is 2.90. The first-order chi connectivity index (χ1) is 9.04. The Morgan fingerprint density at radius 2 is 1.58 bits per heavy atom. The van der Waals surface area contributed by atoms with Crippen LogP contribution in [0.25, 0.3) is 0 Å². The molecule has 0 aliphatic carbocycles. The number of halogens is 1. The maximum atomic E-state index is 3.60. The Morgan fingerprint density at radius 1 is 0.895 bits per heavy atom. The Balaban J connectivity index is 2.55. The fourth-order valence-corrected chi connectivity index (χ4v) is 2.96. The molecule has 0 aliphatic rings. The van der Waals surface area contributed by atoms with E-state index in [-0.39, 0.29) is 6.04 Å². The molecule has 0 radical (unpaired) electrons. The average Bonchev–Trinajstić information content (AvgIpc) is 2.38. The molecule has 0 spiro atoms. The smallest absolute Gasteiger partial charge is 0.0579 e. The standard InChI is InChI=1S/C17H20BrN/c1-11-7-5-6-8-14(11)17(19-4)15-9-13(3)16(18)10-12(15)2/h5-10,17,19H,1-4H3. The number of rotatable bonds is 3. The average molecular weight is 318 g/mol. The Bertz CT molecular complexity index is 590. The molecular formula is C17H20BrN. The number of aryl methyl sites for hydroxylation is 3. The van der Waals surface area contributed by atoms with Crippen molar-refractivity contribution in [3.8, 4) is 0 Å². The molecular weight excluding hydrogens is 298 g/mol. The number of nitrogens with one attached hydrogen (secondary N) is 1. The van der Waals surface area contributed by atoms with Crippen molar-refractivity contribution in [2.24, 2.45) is 0 Å². The van der Waals surface area contributed by atoms with Gasteiger partial charge in [-0.2, -0.15) is 0 Å². The molecule has 0 aliphatic heterocycles. The van der Waals surface area contributed by atoms with E-state index in [0.717, 1.165) is 0 Å². The van der Waals surface area contributed by atoms with Crippen LogP contribution >= 0.6 is 15.9 Å². The van der Waals surface area contributed by atoms with E-state index in [4.69, 9.17) is 0 Å². The van der Waals surface area contributed by atoms with Gasteiger partial charge in [0, 0.05) is 4.47 Å². The van der Waals surface area contributed by atoms with Gasteiger partial charge in [0.05, 0.1) is 6.04 Å². The van der Waals surface area contributed by atoms with E-state index in [0.29, 0.717) is 0 Å². The van der Waals surface area contributed by atoms with Crippen molar-refractivity contribution >= 4 is 15.9 Å². The van der Waals surface area contributed by atoms with Crippen LogP contribution in [0.5, 0.6) is 0 Å². The summed E-state index contributed by atoms with van der Waals surface area (Å²) >= 11 is 3.60. The molecule has 0 saturated heterocycles. The highest BCUT2D eigenvalue weighted by molar-refractivity contribution is 9.10. The monoisotopic (exact) mass is 317 g/mol. The molecule has 0 amide bonds. The molecule has 1 atom stereocenters. The lowest BCUT2D eigenvalue weighted by Crippen LogP contribution is -2.19. The zero-order valence-corrected chi connectivity index (χ0v) is 13.5. The van der Waals surface area contributed by atoms with Crippen molar-refractivity contribution in [2.75, 3.05) is 7.05 Å². The van der Waals surface area contributed by atoms with Crippen LogP contribution in [0.4, 0.5) is 0 Å². The van der Waals surface area contributed by atoms with Gasteiger partial charge in [-0.3, -0.25) is 0 Å². The number of benzene rings is 2. The fraction of sp³-hybridized carbons (Fsp3) is 0.294. The normalized spacial score (nSPS) is 12.5. The molecule has 19 heavy (non-hydrogen) atoms. The molecule has 0 fully saturated rings. The van der Waals surface area contributed by atoms with Crippen molar-refractivity contribution in [2.45, 2.75) is 26.8 Å². The van der Waals surface area contributed by atoms with Crippen LogP contribution in [0.2, 0.25) is 0 Å². The highest BCUT2D eigenvalue weighted by Gasteiger charge is 2.16. The maximum absolute atomic E-state index is 3.60. The second-order valence-electron chi connectivity index (χ2n) is 5.04. The molecule has 1 unspecified atom stereocenters. The van der Waals surface area contributed by atoms with Crippen molar-refractivity contribution < 1.29 is 0 Å². The molecule has 0 heterocycles. The van der Waals surface area contributed by atoms with Crippen LogP contribution in [-0.2, 0) is 0 Å². The minimum Gasteiger partial charge on any atom is -0.309 e. The van der Waals surface area contributed by atoms with Gasteiger partial charge >= 0.3 is 0 Å². The lowest BCUT2D eigenvalue weighted by molar-refractivity contribution is 0.682. The first-order valence-corrected chi connectivity index (χ1v) is 7.33. The van der Waals surface area contributed by atoms with E-state index in [2.05, 4.69) is 78.4 Å². The van der Waals surface area contributed by atoms with Crippen LogP contribution in [0, 0.1) is 20.8 Å². The number of hydrogen-bond donors (Lipinski definition) is 1. The third-order valence-corrected chi connectivity index (χ3v) is 4.50. The summed E-state index contributed by atoms with van der Waals surface area (Å²) in [5, 5.41) is 3.45. The highest BCUT2D eigenvalue weighted by atomic mass is 79.9. The maximum Gasteiger partial charge on any atom is 0.0579 e. The van der Waals surface area contributed by atoms with Crippen LogP contribution in [0.1, 0.15) is 33.9 Å². The minimum absolute atomic E-state index is 0.244. The lowest BCUT2D eigenvalue weighted by Gasteiger charge is -2.22. The molecule has 0 aromatic heterocycles. The second-order valence-corrected chi connectivity index (χ2v) is 5.89. The minimum atomic E-state index is 0.244. The van der Waals surface area contributed by atoms with Crippen LogP contribution in [0.15, 0.2) is 40.9 Å². The van der Waals surface area contributed by atoms with Gasteiger partial charge < -0.3 is 5.32 Å². The summed E-state index contributed by atoms with van der Waals surface area (Å²) in [6.07, 6.45) is 0. The van der Waals surface area contributed by atoms with Gasteiger partial charge in [-0.25, -0.2) is 0 Å². The Hall–Kier alpha value is -1.12. The van der Waals surface area contributed by atoms with Gasteiger partial charge in [0.15, 0.2) is 0 Å². The van der Waals surface area contributed by atoms with E-state index >= 15 is 0 Å². The predicted octanol–water partition coefficient (Wildman–Crippen LogP) is 4.68. The van der Waals surface area contributed by atoms with Crippen LogP contribution in [-0.4, -0.2) is 7.05 Å². The molecule has 2 heteroatoms. The summed E-state index contributed by atoms with van der Waals surface area (Å²) in [7, 11) is 2.02. The summed E-state index contributed by atoms with van der Waals surface area (Å²) in [5.74, 6) is 0. The van der Waals surface area contributed by atoms with Crippen molar-refractivity contribution in [3.63, 3.8) is 0 Å². The van der Waals surface area contributed by atoms with Gasteiger partial charge in [-0.1, -0.05) is 46.3 Å². The number of hydrogen-bond acceptors (Lipinski definition) is 1. The predicted molar refractivity (Wildman–Crippen MR) is 85.7 cm³/mol. The summed E-state index contributed by atoms with van der Waals surface area (Å²) < 4.78 is 1.17. The molecule has 100 valence electrons. The second kappa shape index (κ2) is 5.89. The zero-order chi connectivity index (χ0) is 14.0. The SMILES string of the molecule is CNC(c1ccccc1C)c1cc(C)c(Br)cc1C. The third-order valence-electron chi connectivity index (χ3n) is 3.65. The largest absolute Gasteiger partial charge is 0.309 e. The molecule has 0 bridgehead atoms. The molecule has 1 nitrogen and oxygen atoms in total. The Labute approximate surface area is 124 Å². The van der Waals surface area contributed by atoms with Crippen molar-refractivity contribution in [3.05, 3.63) is 68.7 Å². The molecule has 2 aromatic rings. The molecule has 2 rings (SSSR count). The van der Waals surface area contributed by atoms with Crippen molar-refractivity contribution in [1.29, 1.82) is 0 Å². The van der Waals surface area contributed by atoms with Crippen molar-refractivity contribution in [1.82, 2.24) is 5.32 Å². The van der Waals surface area contributed by atoms with Gasteiger partial charge in [-0.15, -0.1) is 0 Å². The van der Waals surface area contributed by atoms with Crippen LogP contribution < -0.4 is 5.32 Å². The Morgan fingerprint density at radius 3 is 2.21 bits per heavy atom. The quantitative estimate of drug-likeness (QED) is 0.866. The summed E-state index contributed by atoms with van der Waals surface area (Å²) in [6.45, 7) is 6.47. The summed E-state index contributed by atoms with van der Waals surface area (Å²) in [6, 6.07) is 13.3. The highest BCUT2D eigenvalue weighted by Crippen LogP contribution is 2.30. The molecule has 2 aromatic carbocycles. The molecule has 1 N–H and O–H groups in total. The van der Waals surface area contributed by atoms with E-state index in [1.165, 1.54) is 32.3 Å². The van der Waals surface area contributed by atoms with Gasteiger partial charge in [0.2, 0.25) is 0 Å². The van der Waals surface area contributed by atoms with Gasteiger partial charge in [0.25, 0.3) is 0 Å². The fourth-order valence-electron chi connectivity index (χ4n) is 2.50. The van der Waals surface area contributed by atoms with Gasteiger partial charge in [0.1, 0.15) is 0 Å². The summed E-state index contributed by atoms with van der Waals surface area (Å²) in [4.78, 5) is 0. The zero-order valence-electron chi connectivity index (χ0n) is 11.9.